The molecule has 1 saturated heterocycles. The molecule has 0 amide bonds. The second-order valence-electron chi connectivity index (χ2n) is 7.01. The lowest BCUT2D eigenvalue weighted by molar-refractivity contribution is 0.534. The highest BCUT2D eigenvalue weighted by atomic mass is 15.0. The number of rotatable bonds is 0. The Morgan fingerprint density at radius 2 is 1.48 bits per heavy atom. The van der Waals surface area contributed by atoms with Crippen LogP contribution in [0.2, 0.25) is 0 Å². The molecule has 1 unspecified atom stereocenters. The minimum Gasteiger partial charge on any atom is -0.324 e. The van der Waals surface area contributed by atoms with Crippen molar-refractivity contribution in [1.82, 2.24) is 10.6 Å². The van der Waals surface area contributed by atoms with Crippen molar-refractivity contribution >= 4 is 21.5 Å². The third kappa shape index (κ3) is 3.40. The Morgan fingerprint density at radius 1 is 0.760 bits per heavy atom. The van der Waals surface area contributed by atoms with Gasteiger partial charge in [0.1, 0.15) is 0 Å². The number of hydrogen-bond acceptors (Lipinski definition) is 3. The van der Waals surface area contributed by atoms with Gasteiger partial charge in [0.25, 0.3) is 0 Å². The molecule has 0 spiro atoms. The van der Waals surface area contributed by atoms with Crippen molar-refractivity contribution in [2.75, 3.05) is 26.2 Å². The van der Waals surface area contributed by atoms with Crippen LogP contribution in [0.25, 0.3) is 21.5 Å². The van der Waals surface area contributed by atoms with Crippen molar-refractivity contribution in [2.45, 2.75) is 25.3 Å². The van der Waals surface area contributed by atoms with E-state index in [9.17, 15) is 0 Å². The first kappa shape index (κ1) is 16.5. The van der Waals surface area contributed by atoms with Gasteiger partial charge in [-0.25, -0.2) is 0 Å². The highest BCUT2D eigenvalue weighted by Gasteiger charge is 2.18. The summed E-state index contributed by atoms with van der Waals surface area (Å²) in [6.07, 6.45) is 3.49. The molecule has 1 aliphatic heterocycles. The maximum atomic E-state index is 6.25. The SMILES string of the molecule is C1CNCCN1.NC1CCCc2c1ccc1c2ccc2ccccc21. The highest BCUT2D eigenvalue weighted by Crippen LogP contribution is 2.36. The van der Waals surface area contributed by atoms with E-state index in [0.29, 0.717) is 0 Å². The van der Waals surface area contributed by atoms with Crippen molar-refractivity contribution in [3.05, 3.63) is 59.7 Å². The molecule has 2 aliphatic rings. The maximum absolute atomic E-state index is 6.25. The van der Waals surface area contributed by atoms with Crippen LogP contribution in [0.3, 0.4) is 0 Å². The van der Waals surface area contributed by atoms with Crippen molar-refractivity contribution in [2.24, 2.45) is 5.73 Å². The van der Waals surface area contributed by atoms with Crippen molar-refractivity contribution in [3.8, 4) is 0 Å². The van der Waals surface area contributed by atoms with Crippen molar-refractivity contribution < 1.29 is 0 Å². The van der Waals surface area contributed by atoms with Gasteiger partial charge in [-0.3, -0.25) is 0 Å². The second kappa shape index (κ2) is 7.52. The van der Waals surface area contributed by atoms with Crippen LogP contribution in [0.1, 0.15) is 30.0 Å². The molecule has 1 atom stereocenters. The fourth-order valence-electron chi connectivity index (χ4n) is 4.05. The zero-order valence-electron chi connectivity index (χ0n) is 14.7. The topological polar surface area (TPSA) is 50.1 Å². The summed E-state index contributed by atoms with van der Waals surface area (Å²) in [4.78, 5) is 0. The summed E-state index contributed by atoms with van der Waals surface area (Å²) >= 11 is 0. The van der Waals surface area contributed by atoms with E-state index in [-0.39, 0.29) is 6.04 Å². The molecular weight excluding hydrogens is 306 g/mol. The average Bonchev–Trinajstić information content (AvgIpc) is 2.69. The first-order valence-corrected chi connectivity index (χ1v) is 9.45. The van der Waals surface area contributed by atoms with E-state index in [4.69, 9.17) is 5.73 Å². The van der Waals surface area contributed by atoms with Crippen molar-refractivity contribution in [3.63, 3.8) is 0 Å². The zero-order valence-corrected chi connectivity index (χ0v) is 14.7. The van der Waals surface area contributed by atoms with Crippen LogP contribution in [0.15, 0.2) is 48.5 Å². The monoisotopic (exact) mass is 333 g/mol. The number of nitrogens with one attached hydrogen (secondary N) is 2. The van der Waals surface area contributed by atoms with Gasteiger partial charge in [0.05, 0.1) is 0 Å². The third-order valence-electron chi connectivity index (χ3n) is 5.37. The molecule has 0 saturated carbocycles. The van der Waals surface area contributed by atoms with Gasteiger partial charge < -0.3 is 16.4 Å². The predicted molar refractivity (Wildman–Crippen MR) is 107 cm³/mol. The van der Waals surface area contributed by atoms with E-state index in [2.05, 4.69) is 59.2 Å². The predicted octanol–water partition coefficient (Wildman–Crippen LogP) is 3.51. The van der Waals surface area contributed by atoms with Gasteiger partial charge in [0.15, 0.2) is 0 Å². The molecule has 1 heterocycles. The van der Waals surface area contributed by atoms with E-state index in [1.165, 1.54) is 45.5 Å². The van der Waals surface area contributed by atoms with Gasteiger partial charge in [-0.05, 0) is 51.9 Å². The Labute approximate surface area is 149 Å². The Hall–Kier alpha value is -1.94. The third-order valence-corrected chi connectivity index (χ3v) is 5.37. The summed E-state index contributed by atoms with van der Waals surface area (Å²) < 4.78 is 0. The Balaban J connectivity index is 0.000000223. The standard InChI is InChI=1S/C18H17N.C4H10N2/c19-18-7-3-6-14-16-9-8-12-4-1-2-5-13(12)15(16)10-11-17(14)18;1-2-6-4-3-5-1/h1-2,4-5,8-11,18H,3,6-7,19H2;5-6H,1-4H2. The molecule has 3 nitrogen and oxygen atoms in total. The molecular formula is C22H27N3. The Kier molecular flexibility index (Phi) is 4.97. The Bertz CT molecular complexity index is 856. The van der Waals surface area contributed by atoms with E-state index < -0.39 is 0 Å². The lowest BCUT2D eigenvalue weighted by Crippen LogP contribution is -2.39. The van der Waals surface area contributed by atoms with Crippen molar-refractivity contribution in [1.29, 1.82) is 0 Å². The highest BCUT2D eigenvalue weighted by molar-refractivity contribution is 6.08. The van der Waals surface area contributed by atoms with Gasteiger partial charge in [0, 0.05) is 32.2 Å². The van der Waals surface area contributed by atoms with Crippen LogP contribution in [-0.2, 0) is 6.42 Å². The van der Waals surface area contributed by atoms with Crippen LogP contribution in [0.5, 0.6) is 0 Å². The quantitative estimate of drug-likeness (QED) is 0.552. The van der Waals surface area contributed by atoms with Crippen LogP contribution >= 0.6 is 0 Å². The Morgan fingerprint density at radius 3 is 2.24 bits per heavy atom. The summed E-state index contributed by atoms with van der Waals surface area (Å²) in [6, 6.07) is 17.8. The molecule has 0 radical (unpaired) electrons. The summed E-state index contributed by atoms with van der Waals surface area (Å²) in [5, 5.41) is 11.9. The number of piperazine rings is 1. The van der Waals surface area contributed by atoms with Crippen LogP contribution < -0.4 is 16.4 Å². The molecule has 1 aliphatic carbocycles. The minimum atomic E-state index is 0.222. The van der Waals surface area contributed by atoms with Gasteiger partial charge in [-0.2, -0.15) is 0 Å². The number of nitrogens with two attached hydrogens (primary N) is 1. The number of benzene rings is 3. The summed E-state index contributed by atoms with van der Waals surface area (Å²) in [5.74, 6) is 0. The van der Waals surface area contributed by atoms with E-state index in [1.54, 1.807) is 0 Å². The first-order valence-electron chi connectivity index (χ1n) is 9.45. The van der Waals surface area contributed by atoms with Crippen LogP contribution in [-0.4, -0.2) is 26.2 Å². The molecule has 0 bridgehead atoms. The molecule has 3 aromatic rings. The van der Waals surface area contributed by atoms with E-state index >= 15 is 0 Å². The number of fused-ring (bicyclic) bond motifs is 5. The molecule has 130 valence electrons. The number of aryl methyl sites for hydroxylation is 1. The first-order chi connectivity index (χ1) is 12.3. The summed E-state index contributed by atoms with van der Waals surface area (Å²) in [7, 11) is 0. The molecule has 1 fully saturated rings. The molecule has 4 N–H and O–H groups in total. The maximum Gasteiger partial charge on any atom is 0.0297 e. The average molecular weight is 333 g/mol. The second-order valence-corrected chi connectivity index (χ2v) is 7.01. The summed E-state index contributed by atoms with van der Waals surface area (Å²) in [6.45, 7) is 4.56. The zero-order chi connectivity index (χ0) is 17.1. The summed E-state index contributed by atoms with van der Waals surface area (Å²) in [5.41, 5.74) is 9.08. The number of hydrogen-bond donors (Lipinski definition) is 3. The smallest absolute Gasteiger partial charge is 0.0297 e. The van der Waals surface area contributed by atoms with Gasteiger partial charge in [-0.1, -0.05) is 48.5 Å². The fraction of sp³-hybridized carbons (Fsp3) is 0.364. The lowest BCUT2D eigenvalue weighted by Gasteiger charge is -2.24. The van der Waals surface area contributed by atoms with Crippen LogP contribution in [0.4, 0.5) is 0 Å². The molecule has 3 heteroatoms. The largest absolute Gasteiger partial charge is 0.324 e. The fourth-order valence-corrected chi connectivity index (χ4v) is 4.05. The van der Waals surface area contributed by atoms with Crippen LogP contribution in [0, 0.1) is 0 Å². The molecule has 5 rings (SSSR count). The van der Waals surface area contributed by atoms with E-state index in [0.717, 1.165) is 32.6 Å². The molecule has 3 aromatic carbocycles. The molecule has 0 aromatic heterocycles. The lowest BCUT2D eigenvalue weighted by atomic mass is 9.84. The van der Waals surface area contributed by atoms with E-state index in [1.807, 2.05) is 0 Å². The van der Waals surface area contributed by atoms with Gasteiger partial charge in [0.2, 0.25) is 0 Å². The van der Waals surface area contributed by atoms with Gasteiger partial charge >= 0.3 is 0 Å². The molecule has 25 heavy (non-hydrogen) atoms. The normalized spacial score (nSPS) is 20.0. The minimum absolute atomic E-state index is 0.222. The van der Waals surface area contributed by atoms with Gasteiger partial charge in [-0.15, -0.1) is 0 Å².